The fraction of sp³-hybridized carbons (Fsp3) is 0.714. The zero-order valence-electron chi connectivity index (χ0n) is 11.2. The van der Waals surface area contributed by atoms with Gasteiger partial charge < -0.3 is 14.6 Å². The Kier molecular flexibility index (Phi) is 7.76. The highest BCUT2D eigenvalue weighted by Gasteiger charge is 2.00. The Morgan fingerprint density at radius 1 is 1.24 bits per heavy atom. The second-order valence-electron chi connectivity index (χ2n) is 4.68. The summed E-state index contributed by atoms with van der Waals surface area (Å²) in [7, 11) is 2.17. The molecule has 1 aromatic rings. The molecule has 0 aliphatic carbocycles. The van der Waals surface area contributed by atoms with Gasteiger partial charge in [0, 0.05) is 12.1 Å². The monoisotopic (exact) mass is 238 g/mol. The Hall–Kier alpha value is -0.800. The van der Waals surface area contributed by atoms with Crippen molar-refractivity contribution in [1.82, 2.24) is 10.2 Å². The molecule has 0 fully saturated rings. The summed E-state index contributed by atoms with van der Waals surface area (Å²) in [5.41, 5.74) is 1.26. The molecule has 0 saturated heterocycles. The first kappa shape index (κ1) is 14.3. The maximum absolute atomic E-state index is 5.06. The normalized spacial score (nSPS) is 11.2. The summed E-state index contributed by atoms with van der Waals surface area (Å²) in [6.45, 7) is 6.68. The largest absolute Gasteiger partial charge is 0.472 e. The first-order valence-electron chi connectivity index (χ1n) is 6.73. The third-order valence-corrected chi connectivity index (χ3v) is 2.85. The van der Waals surface area contributed by atoms with E-state index < -0.39 is 0 Å². The van der Waals surface area contributed by atoms with Crippen LogP contribution in [0.5, 0.6) is 0 Å². The molecule has 0 atom stereocenters. The molecule has 0 bridgehead atoms. The van der Waals surface area contributed by atoms with E-state index in [-0.39, 0.29) is 0 Å². The number of rotatable bonds is 10. The number of nitrogens with zero attached hydrogens (tertiary/aromatic N) is 1. The predicted molar refractivity (Wildman–Crippen MR) is 72.1 cm³/mol. The second kappa shape index (κ2) is 9.25. The van der Waals surface area contributed by atoms with Crippen LogP contribution in [0.3, 0.4) is 0 Å². The predicted octanol–water partition coefficient (Wildman–Crippen LogP) is 2.88. The van der Waals surface area contributed by atoms with Gasteiger partial charge in [0.15, 0.2) is 0 Å². The summed E-state index contributed by atoms with van der Waals surface area (Å²) in [4.78, 5) is 2.35. The fourth-order valence-electron chi connectivity index (χ4n) is 1.88. The van der Waals surface area contributed by atoms with Gasteiger partial charge in [-0.2, -0.15) is 0 Å². The topological polar surface area (TPSA) is 28.4 Å². The van der Waals surface area contributed by atoms with E-state index in [1.807, 2.05) is 12.3 Å². The average Bonchev–Trinajstić information content (AvgIpc) is 2.80. The van der Waals surface area contributed by atoms with Gasteiger partial charge in [0.25, 0.3) is 0 Å². The van der Waals surface area contributed by atoms with Crippen LogP contribution in [0.1, 0.15) is 38.2 Å². The van der Waals surface area contributed by atoms with E-state index in [1.54, 1.807) is 6.26 Å². The quantitative estimate of drug-likeness (QED) is 0.635. The zero-order valence-corrected chi connectivity index (χ0v) is 11.2. The smallest absolute Gasteiger partial charge is 0.0947 e. The van der Waals surface area contributed by atoms with Crippen molar-refractivity contribution in [3.63, 3.8) is 0 Å². The SMILES string of the molecule is CCCNCCCCCN(C)Cc1ccoc1. The van der Waals surface area contributed by atoms with Gasteiger partial charge in [-0.15, -0.1) is 0 Å². The molecular formula is C14H26N2O. The summed E-state index contributed by atoms with van der Waals surface area (Å²) in [6, 6.07) is 2.03. The van der Waals surface area contributed by atoms with Gasteiger partial charge in [0.1, 0.15) is 0 Å². The van der Waals surface area contributed by atoms with Crippen molar-refractivity contribution in [2.45, 2.75) is 39.2 Å². The standard InChI is InChI=1S/C14H26N2O/c1-3-8-15-9-5-4-6-10-16(2)12-14-7-11-17-13-14/h7,11,13,15H,3-6,8-10,12H2,1-2H3. The minimum Gasteiger partial charge on any atom is -0.472 e. The van der Waals surface area contributed by atoms with E-state index >= 15 is 0 Å². The third-order valence-electron chi connectivity index (χ3n) is 2.85. The van der Waals surface area contributed by atoms with E-state index in [2.05, 4.69) is 24.2 Å². The highest BCUT2D eigenvalue weighted by molar-refractivity contribution is 5.04. The van der Waals surface area contributed by atoms with E-state index in [4.69, 9.17) is 4.42 Å². The molecule has 3 nitrogen and oxygen atoms in total. The summed E-state index contributed by atoms with van der Waals surface area (Å²) < 4.78 is 5.06. The highest BCUT2D eigenvalue weighted by atomic mass is 16.3. The summed E-state index contributed by atoms with van der Waals surface area (Å²) >= 11 is 0. The maximum atomic E-state index is 5.06. The lowest BCUT2D eigenvalue weighted by Crippen LogP contribution is -2.19. The van der Waals surface area contributed by atoms with Crippen molar-refractivity contribution in [2.75, 3.05) is 26.7 Å². The van der Waals surface area contributed by atoms with Crippen molar-refractivity contribution in [1.29, 1.82) is 0 Å². The molecule has 1 rings (SSSR count). The van der Waals surface area contributed by atoms with Crippen molar-refractivity contribution in [2.24, 2.45) is 0 Å². The van der Waals surface area contributed by atoms with Gasteiger partial charge in [-0.25, -0.2) is 0 Å². The lowest BCUT2D eigenvalue weighted by atomic mass is 10.2. The van der Waals surface area contributed by atoms with Crippen LogP contribution in [-0.4, -0.2) is 31.6 Å². The highest BCUT2D eigenvalue weighted by Crippen LogP contribution is 2.05. The van der Waals surface area contributed by atoms with Gasteiger partial charge >= 0.3 is 0 Å². The number of hydrogen-bond donors (Lipinski definition) is 1. The molecule has 0 saturated carbocycles. The zero-order chi connectivity index (χ0) is 12.3. The summed E-state index contributed by atoms with van der Waals surface area (Å²) in [6.07, 6.45) is 8.68. The number of furan rings is 1. The van der Waals surface area contributed by atoms with E-state index in [0.29, 0.717) is 0 Å². The Balaban J connectivity index is 1.92. The molecule has 0 aliphatic heterocycles. The van der Waals surface area contributed by atoms with Gasteiger partial charge in [0.05, 0.1) is 12.5 Å². The third kappa shape index (κ3) is 7.18. The maximum Gasteiger partial charge on any atom is 0.0947 e. The Bertz CT molecular complexity index is 259. The number of nitrogens with one attached hydrogen (secondary N) is 1. The molecule has 0 aromatic carbocycles. The van der Waals surface area contributed by atoms with Crippen LogP contribution < -0.4 is 5.32 Å². The van der Waals surface area contributed by atoms with E-state index in [1.165, 1.54) is 44.3 Å². The van der Waals surface area contributed by atoms with E-state index in [0.717, 1.165) is 13.1 Å². The second-order valence-corrected chi connectivity index (χ2v) is 4.68. The Morgan fingerprint density at radius 3 is 2.82 bits per heavy atom. The molecular weight excluding hydrogens is 212 g/mol. The molecule has 0 spiro atoms. The first-order valence-corrected chi connectivity index (χ1v) is 6.73. The summed E-state index contributed by atoms with van der Waals surface area (Å²) in [5.74, 6) is 0. The molecule has 17 heavy (non-hydrogen) atoms. The molecule has 0 amide bonds. The summed E-state index contributed by atoms with van der Waals surface area (Å²) in [5, 5.41) is 3.43. The lowest BCUT2D eigenvalue weighted by molar-refractivity contribution is 0.316. The van der Waals surface area contributed by atoms with Gasteiger partial charge in [-0.3, -0.25) is 0 Å². The molecule has 3 heteroatoms. The molecule has 0 unspecified atom stereocenters. The van der Waals surface area contributed by atoms with Crippen molar-refractivity contribution in [3.05, 3.63) is 24.2 Å². The van der Waals surface area contributed by atoms with Crippen LogP contribution >= 0.6 is 0 Å². The van der Waals surface area contributed by atoms with Crippen molar-refractivity contribution >= 4 is 0 Å². The molecule has 1 N–H and O–H groups in total. The Morgan fingerprint density at radius 2 is 2.12 bits per heavy atom. The van der Waals surface area contributed by atoms with Crippen LogP contribution in [0.25, 0.3) is 0 Å². The average molecular weight is 238 g/mol. The molecule has 1 aromatic heterocycles. The number of hydrogen-bond acceptors (Lipinski definition) is 3. The lowest BCUT2D eigenvalue weighted by Gasteiger charge is -2.15. The molecule has 98 valence electrons. The van der Waals surface area contributed by atoms with Crippen molar-refractivity contribution < 1.29 is 4.42 Å². The molecule has 0 aliphatic rings. The van der Waals surface area contributed by atoms with Crippen LogP contribution in [0.2, 0.25) is 0 Å². The molecule has 1 heterocycles. The first-order chi connectivity index (χ1) is 8.33. The minimum atomic E-state index is 0.991. The number of unbranched alkanes of at least 4 members (excludes halogenated alkanes) is 2. The van der Waals surface area contributed by atoms with Crippen LogP contribution in [0.4, 0.5) is 0 Å². The molecule has 0 radical (unpaired) electrons. The van der Waals surface area contributed by atoms with E-state index in [9.17, 15) is 0 Å². The minimum absolute atomic E-state index is 0.991. The van der Waals surface area contributed by atoms with Gasteiger partial charge in [-0.05, 0) is 52.0 Å². The van der Waals surface area contributed by atoms with Crippen molar-refractivity contribution in [3.8, 4) is 0 Å². The van der Waals surface area contributed by atoms with Crippen LogP contribution in [-0.2, 0) is 6.54 Å². The van der Waals surface area contributed by atoms with Gasteiger partial charge in [0.2, 0.25) is 0 Å². The van der Waals surface area contributed by atoms with Crippen LogP contribution in [0.15, 0.2) is 23.0 Å². The Labute approximate surface area is 105 Å². The fourth-order valence-corrected chi connectivity index (χ4v) is 1.88. The van der Waals surface area contributed by atoms with Crippen LogP contribution in [0, 0.1) is 0 Å². The van der Waals surface area contributed by atoms with Gasteiger partial charge in [-0.1, -0.05) is 13.3 Å².